The number of benzene rings is 2. The Morgan fingerprint density at radius 3 is 2.10 bits per heavy atom. The van der Waals surface area contributed by atoms with Gasteiger partial charge < -0.3 is 19.3 Å². The molecule has 1 saturated carbocycles. The van der Waals surface area contributed by atoms with E-state index in [-0.39, 0.29) is 17.2 Å². The fourth-order valence-electron chi connectivity index (χ4n) is 6.63. The number of aliphatic hydroxyl groups is 1. The molecule has 0 aromatic heterocycles. The molecule has 2 aromatic rings. The second-order valence-electron chi connectivity index (χ2n) is 12.2. The largest absolute Gasteiger partial charge is 0.460 e. The Labute approximate surface area is 232 Å². The summed E-state index contributed by atoms with van der Waals surface area (Å²) in [5, 5.41) is 12.4. The average molecular weight is 538 g/mol. The summed E-state index contributed by atoms with van der Waals surface area (Å²) in [6, 6.07) is 19.0. The maximum Gasteiger partial charge on any atom is 0.346 e. The quantitative estimate of drug-likeness (QED) is 0.492. The smallest absolute Gasteiger partial charge is 0.346 e. The van der Waals surface area contributed by atoms with E-state index in [0.29, 0.717) is 17.9 Å². The van der Waals surface area contributed by atoms with Crippen LogP contribution >= 0.6 is 0 Å². The van der Waals surface area contributed by atoms with Crippen LogP contribution in [0.1, 0.15) is 71.9 Å². The molecule has 212 valence electrons. The van der Waals surface area contributed by atoms with Crippen molar-refractivity contribution in [3.05, 3.63) is 71.8 Å². The second kappa shape index (κ2) is 11.0. The lowest BCUT2D eigenvalue weighted by molar-refractivity contribution is -0.206. The normalized spacial score (nSPS) is 28.5. The number of esters is 1. The summed E-state index contributed by atoms with van der Waals surface area (Å²) in [4.78, 5) is 28.3. The molecule has 1 saturated heterocycles. The maximum absolute atomic E-state index is 14.3. The summed E-state index contributed by atoms with van der Waals surface area (Å²) in [5.74, 6) is -0.663. The Morgan fingerprint density at radius 1 is 1.00 bits per heavy atom. The molecule has 1 N–H and O–H groups in total. The standard InChI is InChI=1S/C32H43NO6/c1-21-18-19-25(30(3,4)23-14-10-8-11-15-23)26(20-21)38-29(35)32(36,24-16-12-9-13-17-24)27-28(37-7)33(22(2)34)31(5,6)39-27/h8-17,21,25-28,36H,18-20H2,1-7H3/t21-,25-,26-,27-,28?,32-/m1/s1. The van der Waals surface area contributed by atoms with Gasteiger partial charge in [0.25, 0.3) is 0 Å². The molecule has 1 amide bonds. The van der Waals surface area contributed by atoms with Crippen molar-refractivity contribution in [1.29, 1.82) is 0 Å². The van der Waals surface area contributed by atoms with Gasteiger partial charge in [0.1, 0.15) is 17.9 Å². The minimum absolute atomic E-state index is 0.0490. The lowest BCUT2D eigenvalue weighted by atomic mass is 9.64. The van der Waals surface area contributed by atoms with Crippen molar-refractivity contribution in [2.24, 2.45) is 11.8 Å². The molecule has 0 spiro atoms. The first kappa shape index (κ1) is 29.2. The Balaban J connectivity index is 1.74. The van der Waals surface area contributed by atoms with Gasteiger partial charge in [-0.3, -0.25) is 9.69 Å². The van der Waals surface area contributed by atoms with Crippen LogP contribution in [0.25, 0.3) is 0 Å². The number of carbonyl (C=O) groups is 2. The first-order valence-corrected chi connectivity index (χ1v) is 13.9. The van der Waals surface area contributed by atoms with Crippen LogP contribution < -0.4 is 0 Å². The van der Waals surface area contributed by atoms with Crippen LogP contribution in [0.15, 0.2) is 60.7 Å². The van der Waals surface area contributed by atoms with Crippen LogP contribution in [0.2, 0.25) is 0 Å². The Kier molecular flexibility index (Phi) is 8.27. The molecule has 0 radical (unpaired) electrons. The molecule has 7 nitrogen and oxygen atoms in total. The molecule has 1 aliphatic heterocycles. The molecule has 7 heteroatoms. The number of hydrogen-bond acceptors (Lipinski definition) is 6. The molecular formula is C32H43NO6. The average Bonchev–Trinajstić information content (AvgIpc) is 3.19. The van der Waals surface area contributed by atoms with Crippen LogP contribution in [0.3, 0.4) is 0 Å². The zero-order valence-corrected chi connectivity index (χ0v) is 24.2. The third kappa shape index (κ3) is 5.37. The highest BCUT2D eigenvalue weighted by atomic mass is 16.6. The minimum Gasteiger partial charge on any atom is -0.460 e. The van der Waals surface area contributed by atoms with Gasteiger partial charge in [-0.15, -0.1) is 0 Å². The SMILES string of the molecule is COC1[C@H]([C@@](O)(C(=O)O[C@@H]2C[C@H](C)CC[C@H]2C(C)(C)c2ccccc2)c2ccccc2)OC(C)(C)N1C(C)=O. The van der Waals surface area contributed by atoms with E-state index in [0.717, 1.165) is 12.8 Å². The van der Waals surface area contributed by atoms with E-state index >= 15 is 0 Å². The molecule has 2 aromatic carbocycles. The summed E-state index contributed by atoms with van der Waals surface area (Å²) in [5.41, 5.74) is -2.08. The predicted molar refractivity (Wildman–Crippen MR) is 148 cm³/mol. The summed E-state index contributed by atoms with van der Waals surface area (Å²) in [6.07, 6.45) is 0.0104. The van der Waals surface area contributed by atoms with Crippen LogP contribution in [-0.4, -0.2) is 53.2 Å². The van der Waals surface area contributed by atoms with Gasteiger partial charge in [0.05, 0.1) is 0 Å². The summed E-state index contributed by atoms with van der Waals surface area (Å²) in [7, 11) is 1.44. The molecule has 0 bridgehead atoms. The molecule has 1 unspecified atom stereocenters. The minimum atomic E-state index is -2.22. The molecule has 1 aliphatic carbocycles. The third-order valence-corrected chi connectivity index (χ3v) is 8.78. The van der Waals surface area contributed by atoms with E-state index in [1.165, 1.54) is 24.5 Å². The van der Waals surface area contributed by atoms with Gasteiger partial charge in [0.15, 0.2) is 6.23 Å². The lowest BCUT2D eigenvalue weighted by Gasteiger charge is -2.45. The highest BCUT2D eigenvalue weighted by molar-refractivity contribution is 5.83. The number of methoxy groups -OCH3 is 1. The third-order valence-electron chi connectivity index (χ3n) is 8.78. The van der Waals surface area contributed by atoms with Gasteiger partial charge in [-0.2, -0.15) is 0 Å². The van der Waals surface area contributed by atoms with E-state index < -0.39 is 35.7 Å². The van der Waals surface area contributed by atoms with Crippen LogP contribution in [-0.2, 0) is 34.8 Å². The Bertz CT molecular complexity index is 1150. The lowest BCUT2D eigenvalue weighted by Crippen LogP contribution is -2.56. The summed E-state index contributed by atoms with van der Waals surface area (Å²) in [6.45, 7) is 11.4. The molecular weight excluding hydrogens is 494 g/mol. The van der Waals surface area contributed by atoms with Crippen molar-refractivity contribution < 1.29 is 28.9 Å². The molecule has 1 heterocycles. The van der Waals surface area contributed by atoms with Crippen molar-refractivity contribution >= 4 is 11.9 Å². The van der Waals surface area contributed by atoms with Gasteiger partial charge in [-0.05, 0) is 49.1 Å². The topological polar surface area (TPSA) is 85.3 Å². The fourth-order valence-corrected chi connectivity index (χ4v) is 6.63. The highest BCUT2D eigenvalue weighted by Crippen LogP contribution is 2.46. The molecule has 4 rings (SSSR count). The van der Waals surface area contributed by atoms with E-state index in [2.05, 4.69) is 32.9 Å². The monoisotopic (exact) mass is 537 g/mol. The number of nitrogens with zero attached hydrogens (tertiary/aromatic N) is 1. The van der Waals surface area contributed by atoms with E-state index in [4.69, 9.17) is 14.2 Å². The highest BCUT2D eigenvalue weighted by Gasteiger charge is 2.62. The Hall–Kier alpha value is -2.74. The van der Waals surface area contributed by atoms with Crippen molar-refractivity contribution in [2.45, 2.75) is 96.0 Å². The maximum atomic E-state index is 14.3. The van der Waals surface area contributed by atoms with Crippen molar-refractivity contribution in [3.8, 4) is 0 Å². The zero-order valence-electron chi connectivity index (χ0n) is 24.2. The molecule has 2 fully saturated rings. The summed E-state index contributed by atoms with van der Waals surface area (Å²) < 4.78 is 18.3. The second-order valence-corrected chi connectivity index (χ2v) is 12.2. The Morgan fingerprint density at radius 2 is 1.56 bits per heavy atom. The number of ether oxygens (including phenoxy) is 3. The van der Waals surface area contributed by atoms with Crippen LogP contribution in [0.5, 0.6) is 0 Å². The zero-order chi connectivity index (χ0) is 28.6. The van der Waals surface area contributed by atoms with Gasteiger partial charge >= 0.3 is 5.97 Å². The number of amides is 1. The predicted octanol–water partition coefficient (Wildman–Crippen LogP) is 5.16. The molecule has 39 heavy (non-hydrogen) atoms. The van der Waals surface area contributed by atoms with E-state index in [1.54, 1.807) is 38.1 Å². The van der Waals surface area contributed by atoms with Crippen molar-refractivity contribution in [2.75, 3.05) is 7.11 Å². The van der Waals surface area contributed by atoms with Gasteiger partial charge in [0, 0.05) is 20.0 Å². The van der Waals surface area contributed by atoms with Crippen molar-refractivity contribution in [1.82, 2.24) is 4.90 Å². The number of hydrogen-bond donors (Lipinski definition) is 1. The van der Waals surface area contributed by atoms with Gasteiger partial charge in [-0.1, -0.05) is 87.9 Å². The first-order chi connectivity index (χ1) is 18.3. The van der Waals surface area contributed by atoms with E-state index in [9.17, 15) is 14.7 Å². The van der Waals surface area contributed by atoms with Crippen molar-refractivity contribution in [3.63, 3.8) is 0 Å². The first-order valence-electron chi connectivity index (χ1n) is 13.9. The van der Waals surface area contributed by atoms with Crippen LogP contribution in [0.4, 0.5) is 0 Å². The summed E-state index contributed by atoms with van der Waals surface area (Å²) >= 11 is 0. The molecule has 6 atom stereocenters. The van der Waals surface area contributed by atoms with Gasteiger partial charge in [0.2, 0.25) is 11.5 Å². The van der Waals surface area contributed by atoms with Crippen LogP contribution in [0, 0.1) is 11.8 Å². The van der Waals surface area contributed by atoms with Gasteiger partial charge in [-0.25, -0.2) is 4.79 Å². The molecule has 2 aliphatic rings. The van der Waals surface area contributed by atoms with E-state index in [1.807, 2.05) is 24.3 Å². The number of rotatable bonds is 7. The number of carbonyl (C=O) groups excluding carboxylic acids is 2. The fraction of sp³-hybridized carbons (Fsp3) is 0.562.